The minimum absolute atomic E-state index is 0.127. The highest BCUT2D eigenvalue weighted by Gasteiger charge is 2.39. The number of nitrogens with two attached hydrogens (primary N) is 1. The van der Waals surface area contributed by atoms with E-state index in [1.807, 2.05) is 13.8 Å². The molecule has 11 heteroatoms. The first-order valence-electron chi connectivity index (χ1n) is 11.3. The molecule has 2 aliphatic heterocycles. The first kappa shape index (κ1) is 25.6. The third-order valence-corrected chi connectivity index (χ3v) is 5.83. The van der Waals surface area contributed by atoms with Gasteiger partial charge in [0.1, 0.15) is 18.1 Å². The highest BCUT2D eigenvalue weighted by molar-refractivity contribution is 5.94. The number of aliphatic carboxylic acids is 1. The Balaban J connectivity index is 2.07. The average molecular weight is 454 g/mol. The molecule has 0 radical (unpaired) electrons. The summed E-state index contributed by atoms with van der Waals surface area (Å²) in [6.07, 6.45) is 2.72. The Hall–Kier alpha value is -2.69. The molecule has 2 heterocycles. The Bertz CT molecular complexity index is 721. The first-order chi connectivity index (χ1) is 15.1. The molecule has 0 aliphatic carbocycles. The summed E-state index contributed by atoms with van der Waals surface area (Å²) >= 11 is 0. The Labute approximate surface area is 187 Å². The Morgan fingerprint density at radius 3 is 2.31 bits per heavy atom. The lowest BCUT2D eigenvalue weighted by Crippen LogP contribution is -2.57. The zero-order valence-corrected chi connectivity index (χ0v) is 18.8. The van der Waals surface area contributed by atoms with Crippen molar-refractivity contribution in [2.45, 2.75) is 83.0 Å². The fourth-order valence-electron chi connectivity index (χ4n) is 4.19. The molecule has 0 aromatic heterocycles. The van der Waals surface area contributed by atoms with Gasteiger partial charge in [0.05, 0.1) is 6.04 Å². The van der Waals surface area contributed by atoms with Crippen LogP contribution in [0.25, 0.3) is 0 Å². The number of hydrogen-bond donors (Lipinski definition) is 5. The number of carboxylic acid groups (broad SMARTS) is 1. The van der Waals surface area contributed by atoms with E-state index in [4.69, 9.17) is 5.73 Å². The minimum Gasteiger partial charge on any atom is -0.480 e. The van der Waals surface area contributed by atoms with Gasteiger partial charge in [-0.1, -0.05) is 13.8 Å². The van der Waals surface area contributed by atoms with Gasteiger partial charge in [0.25, 0.3) is 0 Å². The zero-order chi connectivity index (χ0) is 23.8. The van der Waals surface area contributed by atoms with Crippen LogP contribution in [-0.2, 0) is 24.0 Å². The number of nitrogens with one attached hydrogen (secondary N) is 3. The second kappa shape index (κ2) is 11.8. The molecule has 0 spiro atoms. The van der Waals surface area contributed by atoms with Crippen LogP contribution in [0, 0.1) is 5.92 Å². The van der Waals surface area contributed by atoms with Crippen LogP contribution in [0.3, 0.4) is 0 Å². The van der Waals surface area contributed by atoms with E-state index in [9.17, 15) is 29.1 Å². The normalized spacial score (nSPS) is 22.4. The third-order valence-electron chi connectivity index (χ3n) is 5.83. The summed E-state index contributed by atoms with van der Waals surface area (Å²) < 4.78 is 0. The molecular weight excluding hydrogens is 418 g/mol. The van der Waals surface area contributed by atoms with Gasteiger partial charge in [-0.05, 0) is 51.0 Å². The standard InChI is InChI=1S/C21H35N5O6/c1-12(2)11-15(25-18(28)13-5-3-9-23-13)20(30)26-10-4-6-16(26)19(29)24-14(21(31)32)7-8-17(22)27/h12-16,23H,3-11H2,1-2H3,(H2,22,27)(H,24,29)(H,25,28)(H,31,32). The Morgan fingerprint density at radius 2 is 1.75 bits per heavy atom. The second-order valence-electron chi connectivity index (χ2n) is 8.93. The molecule has 2 rings (SSSR count). The number of likely N-dealkylation sites (tertiary alicyclic amines) is 1. The van der Waals surface area contributed by atoms with Crippen LogP contribution in [0.1, 0.15) is 58.8 Å². The molecule has 11 nitrogen and oxygen atoms in total. The van der Waals surface area contributed by atoms with Crippen molar-refractivity contribution in [3.8, 4) is 0 Å². The molecule has 2 saturated heterocycles. The van der Waals surface area contributed by atoms with Crippen LogP contribution in [0.15, 0.2) is 0 Å². The summed E-state index contributed by atoms with van der Waals surface area (Å²) in [5, 5.41) is 17.7. The van der Waals surface area contributed by atoms with E-state index < -0.39 is 35.9 Å². The van der Waals surface area contributed by atoms with Gasteiger partial charge in [-0.25, -0.2) is 4.79 Å². The maximum absolute atomic E-state index is 13.3. The van der Waals surface area contributed by atoms with Crippen molar-refractivity contribution in [2.75, 3.05) is 13.1 Å². The predicted molar refractivity (Wildman–Crippen MR) is 115 cm³/mol. The second-order valence-corrected chi connectivity index (χ2v) is 8.93. The molecule has 4 amide bonds. The maximum atomic E-state index is 13.3. The highest BCUT2D eigenvalue weighted by atomic mass is 16.4. The van der Waals surface area contributed by atoms with Crippen LogP contribution < -0.4 is 21.7 Å². The number of carbonyl (C=O) groups excluding carboxylic acids is 4. The van der Waals surface area contributed by atoms with Crippen molar-refractivity contribution < 1.29 is 29.1 Å². The van der Waals surface area contributed by atoms with Gasteiger partial charge in [-0.15, -0.1) is 0 Å². The fraction of sp³-hybridized carbons (Fsp3) is 0.762. The maximum Gasteiger partial charge on any atom is 0.326 e. The largest absolute Gasteiger partial charge is 0.480 e. The lowest BCUT2D eigenvalue weighted by atomic mass is 10.0. The molecule has 0 aromatic carbocycles. The number of primary amides is 1. The number of carbonyl (C=O) groups is 5. The van der Waals surface area contributed by atoms with Gasteiger partial charge in [0, 0.05) is 13.0 Å². The van der Waals surface area contributed by atoms with Crippen molar-refractivity contribution in [2.24, 2.45) is 11.7 Å². The molecular formula is C21H35N5O6. The van der Waals surface area contributed by atoms with E-state index in [1.54, 1.807) is 0 Å². The minimum atomic E-state index is -1.27. The average Bonchev–Trinajstić information content (AvgIpc) is 3.41. The van der Waals surface area contributed by atoms with Crippen molar-refractivity contribution >= 4 is 29.6 Å². The Kier molecular flexibility index (Phi) is 9.42. The summed E-state index contributed by atoms with van der Waals surface area (Å²) in [5.41, 5.74) is 5.08. The predicted octanol–water partition coefficient (Wildman–Crippen LogP) is -0.905. The molecule has 0 aromatic rings. The molecule has 32 heavy (non-hydrogen) atoms. The molecule has 4 unspecified atom stereocenters. The number of carboxylic acids is 1. The quantitative estimate of drug-likeness (QED) is 0.270. The summed E-state index contributed by atoms with van der Waals surface area (Å²) in [4.78, 5) is 62.6. The molecule has 0 saturated carbocycles. The summed E-state index contributed by atoms with van der Waals surface area (Å²) in [6.45, 7) is 5.01. The number of hydrogen-bond acceptors (Lipinski definition) is 6. The molecule has 2 fully saturated rings. The van der Waals surface area contributed by atoms with E-state index in [-0.39, 0.29) is 36.6 Å². The van der Waals surface area contributed by atoms with E-state index in [0.717, 1.165) is 13.0 Å². The number of nitrogens with zero attached hydrogens (tertiary/aromatic N) is 1. The van der Waals surface area contributed by atoms with E-state index in [1.165, 1.54) is 4.90 Å². The molecule has 6 N–H and O–H groups in total. The monoisotopic (exact) mass is 453 g/mol. The molecule has 2 aliphatic rings. The number of amides is 4. The highest BCUT2D eigenvalue weighted by Crippen LogP contribution is 2.21. The van der Waals surface area contributed by atoms with Crippen LogP contribution >= 0.6 is 0 Å². The topological polar surface area (TPSA) is 171 Å². The van der Waals surface area contributed by atoms with Crippen LogP contribution in [0.4, 0.5) is 0 Å². The van der Waals surface area contributed by atoms with Gasteiger partial charge in [-0.2, -0.15) is 0 Å². The van der Waals surface area contributed by atoms with Crippen LogP contribution in [0.5, 0.6) is 0 Å². The fourth-order valence-corrected chi connectivity index (χ4v) is 4.19. The van der Waals surface area contributed by atoms with Gasteiger partial charge in [0.2, 0.25) is 23.6 Å². The lowest BCUT2D eigenvalue weighted by Gasteiger charge is -2.30. The SMILES string of the molecule is CC(C)CC(NC(=O)C1CCCN1)C(=O)N1CCCC1C(=O)NC(CCC(N)=O)C(=O)O. The lowest BCUT2D eigenvalue weighted by molar-refractivity contribution is -0.145. The summed E-state index contributed by atoms with van der Waals surface area (Å²) in [5.74, 6) is -2.94. The van der Waals surface area contributed by atoms with E-state index >= 15 is 0 Å². The van der Waals surface area contributed by atoms with Crippen molar-refractivity contribution in [3.63, 3.8) is 0 Å². The van der Waals surface area contributed by atoms with Crippen LogP contribution in [-0.4, -0.2) is 76.9 Å². The van der Waals surface area contributed by atoms with Crippen molar-refractivity contribution in [1.82, 2.24) is 20.9 Å². The van der Waals surface area contributed by atoms with Crippen molar-refractivity contribution in [3.05, 3.63) is 0 Å². The van der Waals surface area contributed by atoms with Gasteiger partial charge in [-0.3, -0.25) is 19.2 Å². The van der Waals surface area contributed by atoms with Gasteiger partial charge in [0.15, 0.2) is 0 Å². The third kappa shape index (κ3) is 7.18. The van der Waals surface area contributed by atoms with E-state index in [2.05, 4.69) is 16.0 Å². The Morgan fingerprint density at radius 1 is 1.06 bits per heavy atom. The van der Waals surface area contributed by atoms with Gasteiger partial charge < -0.3 is 31.7 Å². The zero-order valence-electron chi connectivity index (χ0n) is 18.8. The number of rotatable bonds is 11. The van der Waals surface area contributed by atoms with Crippen LogP contribution in [0.2, 0.25) is 0 Å². The van der Waals surface area contributed by atoms with Crippen molar-refractivity contribution in [1.29, 1.82) is 0 Å². The first-order valence-corrected chi connectivity index (χ1v) is 11.3. The molecule has 180 valence electrons. The smallest absolute Gasteiger partial charge is 0.326 e. The molecule has 0 bridgehead atoms. The molecule has 4 atom stereocenters. The summed E-state index contributed by atoms with van der Waals surface area (Å²) in [6, 6.07) is -3.18. The summed E-state index contributed by atoms with van der Waals surface area (Å²) in [7, 11) is 0. The van der Waals surface area contributed by atoms with Gasteiger partial charge >= 0.3 is 5.97 Å². The van der Waals surface area contributed by atoms with E-state index in [0.29, 0.717) is 32.2 Å².